The van der Waals surface area contributed by atoms with E-state index in [2.05, 4.69) is 44.7 Å². The number of hydrogen-bond acceptors (Lipinski definition) is 4. The fraction of sp³-hybridized carbons (Fsp3) is 0.704. The molecule has 1 saturated carbocycles. The third-order valence-corrected chi connectivity index (χ3v) is 9.93. The highest BCUT2D eigenvalue weighted by Crippen LogP contribution is 2.59. The molecule has 33 heavy (non-hydrogen) atoms. The smallest absolute Gasteiger partial charge is 0.245 e. The van der Waals surface area contributed by atoms with E-state index in [9.17, 15) is 9.59 Å². The number of likely N-dealkylation sites (tertiary alicyclic amines) is 1. The van der Waals surface area contributed by atoms with Crippen LogP contribution in [-0.4, -0.2) is 72.5 Å². The number of rotatable bonds is 5. The summed E-state index contributed by atoms with van der Waals surface area (Å²) in [4.78, 5) is 31.6. The van der Waals surface area contributed by atoms with Gasteiger partial charge in [0.05, 0.1) is 6.04 Å². The molecule has 0 aromatic heterocycles. The van der Waals surface area contributed by atoms with Crippen LogP contribution in [0.25, 0.3) is 0 Å². The lowest BCUT2D eigenvalue weighted by atomic mass is 9.57. The van der Waals surface area contributed by atoms with Crippen LogP contribution in [0.1, 0.15) is 50.2 Å². The maximum atomic E-state index is 13.8. The molecular formula is C27H38N4O2. The van der Waals surface area contributed by atoms with E-state index in [1.54, 1.807) is 0 Å². The van der Waals surface area contributed by atoms with Gasteiger partial charge in [0.15, 0.2) is 0 Å². The van der Waals surface area contributed by atoms with Crippen molar-refractivity contribution < 1.29 is 9.59 Å². The van der Waals surface area contributed by atoms with Crippen LogP contribution in [-0.2, 0) is 22.4 Å². The number of likely N-dealkylation sites (N-methyl/N-ethyl adjacent to an activating group) is 1. The Morgan fingerprint density at radius 2 is 1.91 bits per heavy atom. The highest BCUT2D eigenvalue weighted by atomic mass is 16.2. The van der Waals surface area contributed by atoms with Crippen molar-refractivity contribution in [2.75, 3.05) is 26.7 Å². The summed E-state index contributed by atoms with van der Waals surface area (Å²) >= 11 is 0. The zero-order valence-corrected chi connectivity index (χ0v) is 20.1. The predicted octanol–water partition coefficient (Wildman–Crippen LogP) is 1.97. The minimum atomic E-state index is -0.344. The summed E-state index contributed by atoms with van der Waals surface area (Å²) in [7, 11) is 1.83. The molecule has 2 amide bonds. The van der Waals surface area contributed by atoms with Crippen molar-refractivity contribution in [3.63, 3.8) is 0 Å². The number of nitrogens with zero attached hydrogens (tertiary/aromatic N) is 2. The molecule has 3 heterocycles. The highest BCUT2D eigenvalue weighted by molar-refractivity contribution is 5.91. The zero-order chi connectivity index (χ0) is 22.7. The molecule has 6 nitrogen and oxygen atoms in total. The molecule has 2 N–H and O–H groups in total. The summed E-state index contributed by atoms with van der Waals surface area (Å²) in [6.45, 7) is 5.04. The number of carbonyl (C=O) groups excluding carboxylic acids is 2. The molecule has 3 aliphatic heterocycles. The topological polar surface area (TPSA) is 64.7 Å². The number of nitrogens with one attached hydrogen (secondary N) is 2. The predicted molar refractivity (Wildman–Crippen MR) is 128 cm³/mol. The minimum absolute atomic E-state index is 0.0166. The quantitative estimate of drug-likeness (QED) is 0.720. The van der Waals surface area contributed by atoms with Crippen molar-refractivity contribution in [2.24, 2.45) is 17.3 Å². The first-order valence-corrected chi connectivity index (χ1v) is 13.1. The van der Waals surface area contributed by atoms with Gasteiger partial charge in [-0.05, 0) is 61.6 Å². The van der Waals surface area contributed by atoms with Crippen LogP contribution in [0.4, 0.5) is 0 Å². The Labute approximate surface area is 197 Å². The van der Waals surface area contributed by atoms with Gasteiger partial charge in [-0.15, -0.1) is 0 Å². The van der Waals surface area contributed by atoms with Crippen LogP contribution in [0, 0.1) is 17.3 Å². The minimum Gasteiger partial charge on any atom is -0.343 e. The second-order valence-corrected chi connectivity index (χ2v) is 11.2. The summed E-state index contributed by atoms with van der Waals surface area (Å²) in [5, 5.41) is 6.33. The molecule has 1 spiro atoms. The van der Waals surface area contributed by atoms with Gasteiger partial charge in [0, 0.05) is 37.6 Å². The molecule has 6 heteroatoms. The monoisotopic (exact) mass is 450 g/mol. The first-order valence-electron chi connectivity index (χ1n) is 13.1. The van der Waals surface area contributed by atoms with Crippen molar-refractivity contribution in [3.8, 4) is 0 Å². The molecule has 2 aliphatic carbocycles. The van der Waals surface area contributed by atoms with Gasteiger partial charge in [-0.2, -0.15) is 0 Å². The molecule has 6 atom stereocenters. The summed E-state index contributed by atoms with van der Waals surface area (Å²) in [6.07, 6.45) is 7.71. The average Bonchev–Trinajstić information content (AvgIpc) is 3.51. The Morgan fingerprint density at radius 3 is 2.61 bits per heavy atom. The van der Waals surface area contributed by atoms with Gasteiger partial charge in [0.1, 0.15) is 6.04 Å². The van der Waals surface area contributed by atoms with Crippen molar-refractivity contribution in [2.45, 2.75) is 76.0 Å². The number of piperidine rings is 1. The number of amides is 2. The van der Waals surface area contributed by atoms with E-state index in [0.29, 0.717) is 18.0 Å². The summed E-state index contributed by atoms with van der Waals surface area (Å²) in [5.74, 6) is 0.991. The van der Waals surface area contributed by atoms with Crippen LogP contribution in [0.5, 0.6) is 0 Å². The molecule has 2 bridgehead atoms. The SMILES string of the molecule is CC[C@H](NC)C(=O)N[C@@H]1C(=O)N2CC3(CCCCC13)[C@H]1CN(C3Cc4ccccc4C3)C[C@H]12. The van der Waals surface area contributed by atoms with E-state index in [1.165, 1.54) is 30.4 Å². The molecular weight excluding hydrogens is 412 g/mol. The molecule has 2 unspecified atom stereocenters. The molecule has 178 valence electrons. The molecule has 1 aromatic rings. The van der Waals surface area contributed by atoms with Gasteiger partial charge in [0.25, 0.3) is 0 Å². The van der Waals surface area contributed by atoms with Crippen LogP contribution in [0.2, 0.25) is 0 Å². The van der Waals surface area contributed by atoms with E-state index in [0.717, 1.165) is 45.3 Å². The number of carbonyl (C=O) groups is 2. The molecule has 4 fully saturated rings. The fourth-order valence-corrected chi connectivity index (χ4v) is 8.32. The largest absolute Gasteiger partial charge is 0.343 e. The normalized spacial score (nSPS) is 36.4. The summed E-state index contributed by atoms with van der Waals surface area (Å²) in [5.41, 5.74) is 3.18. The van der Waals surface area contributed by atoms with E-state index in [-0.39, 0.29) is 35.2 Å². The van der Waals surface area contributed by atoms with Crippen molar-refractivity contribution in [1.82, 2.24) is 20.4 Å². The van der Waals surface area contributed by atoms with E-state index < -0.39 is 0 Å². The highest BCUT2D eigenvalue weighted by Gasteiger charge is 2.66. The fourth-order valence-electron chi connectivity index (χ4n) is 8.32. The number of benzene rings is 1. The lowest BCUT2D eigenvalue weighted by Crippen LogP contribution is -2.64. The van der Waals surface area contributed by atoms with Gasteiger partial charge in [-0.25, -0.2) is 0 Å². The van der Waals surface area contributed by atoms with Gasteiger partial charge >= 0.3 is 0 Å². The van der Waals surface area contributed by atoms with Crippen molar-refractivity contribution in [1.29, 1.82) is 0 Å². The Hall–Kier alpha value is -1.92. The second kappa shape index (κ2) is 8.09. The Balaban J connectivity index is 1.25. The first kappa shape index (κ1) is 21.6. The molecule has 0 radical (unpaired) electrons. The number of hydrogen-bond donors (Lipinski definition) is 2. The van der Waals surface area contributed by atoms with E-state index >= 15 is 0 Å². The number of fused-ring (bicyclic) bond motifs is 4. The first-order chi connectivity index (χ1) is 16.1. The average molecular weight is 451 g/mol. The molecule has 6 rings (SSSR count). The Bertz CT molecular complexity index is 921. The van der Waals surface area contributed by atoms with Crippen LogP contribution < -0.4 is 10.6 Å². The van der Waals surface area contributed by atoms with Crippen LogP contribution >= 0.6 is 0 Å². The maximum absolute atomic E-state index is 13.8. The van der Waals surface area contributed by atoms with Crippen molar-refractivity contribution in [3.05, 3.63) is 35.4 Å². The summed E-state index contributed by atoms with van der Waals surface area (Å²) < 4.78 is 0. The van der Waals surface area contributed by atoms with Crippen molar-refractivity contribution >= 4 is 11.8 Å². The second-order valence-electron chi connectivity index (χ2n) is 11.2. The van der Waals surface area contributed by atoms with Crippen LogP contribution in [0.3, 0.4) is 0 Å². The Morgan fingerprint density at radius 1 is 1.15 bits per heavy atom. The summed E-state index contributed by atoms with van der Waals surface area (Å²) in [6, 6.07) is 9.19. The zero-order valence-electron chi connectivity index (χ0n) is 20.1. The molecule has 3 saturated heterocycles. The third-order valence-electron chi connectivity index (χ3n) is 9.93. The van der Waals surface area contributed by atoms with E-state index in [1.807, 2.05) is 14.0 Å². The van der Waals surface area contributed by atoms with Gasteiger partial charge in [-0.3, -0.25) is 14.5 Å². The molecule has 5 aliphatic rings. The third kappa shape index (κ3) is 3.20. The molecule has 1 aromatic carbocycles. The lowest BCUT2D eigenvalue weighted by Gasteiger charge is -2.51. The van der Waals surface area contributed by atoms with Crippen LogP contribution in [0.15, 0.2) is 24.3 Å². The maximum Gasteiger partial charge on any atom is 0.245 e. The lowest BCUT2D eigenvalue weighted by molar-refractivity contribution is -0.147. The Kier molecular flexibility index (Phi) is 5.29. The van der Waals surface area contributed by atoms with Gasteiger partial charge in [0.2, 0.25) is 11.8 Å². The van der Waals surface area contributed by atoms with Gasteiger partial charge < -0.3 is 15.5 Å². The standard InChI is InChI=1S/C27H38N4O2/c1-3-22(28-2)25(32)29-24-20-10-6-7-11-27(20)16-31(26(24)33)23-15-30(14-21(23)27)19-12-17-8-4-5-9-18(17)13-19/h4-5,8-9,19-24,28H,3,6-7,10-16H2,1-2H3,(H,29,32)/t20?,21-,22-,23+,24-,27?/m0/s1. The van der Waals surface area contributed by atoms with E-state index in [4.69, 9.17) is 0 Å². The van der Waals surface area contributed by atoms with Gasteiger partial charge in [-0.1, -0.05) is 44.0 Å².